The Labute approximate surface area is 268 Å². The van der Waals surface area contributed by atoms with Crippen LogP contribution >= 0.6 is 11.8 Å². The molecule has 13 nitrogen and oxygen atoms in total. The van der Waals surface area contributed by atoms with Gasteiger partial charge in [0.1, 0.15) is 0 Å². The van der Waals surface area contributed by atoms with Gasteiger partial charge in [0, 0.05) is 73.4 Å². The van der Waals surface area contributed by atoms with Gasteiger partial charge in [0.2, 0.25) is 23.8 Å². The van der Waals surface area contributed by atoms with Crippen LogP contribution in [0.4, 0.5) is 42.4 Å². The molecule has 1 aromatic heterocycles. The number of hydrogen-bond donors (Lipinski definition) is 5. The Hall–Kier alpha value is -4.09. The van der Waals surface area contributed by atoms with E-state index in [1.165, 1.54) is 18.2 Å². The number of alkyl halides is 3. The number of aromatic nitrogens is 3. The third kappa shape index (κ3) is 8.19. The summed E-state index contributed by atoms with van der Waals surface area (Å²) in [5.74, 6) is -0.444. The van der Waals surface area contributed by atoms with Gasteiger partial charge in [-0.2, -0.15) is 28.1 Å². The molecule has 0 spiro atoms. The minimum absolute atomic E-state index is 0.148. The number of rotatable bonds is 8. The molecule has 17 heteroatoms. The summed E-state index contributed by atoms with van der Waals surface area (Å²) < 4.78 is 39.7. The van der Waals surface area contributed by atoms with Crippen LogP contribution in [-0.2, 0) is 11.0 Å². The van der Waals surface area contributed by atoms with Gasteiger partial charge in [-0.15, -0.1) is 0 Å². The van der Waals surface area contributed by atoms with Crippen molar-refractivity contribution < 1.29 is 22.8 Å². The van der Waals surface area contributed by atoms with Crippen molar-refractivity contribution in [2.45, 2.75) is 49.6 Å². The van der Waals surface area contributed by atoms with E-state index in [9.17, 15) is 22.8 Å². The highest BCUT2D eigenvalue weighted by atomic mass is 35.5. The fourth-order valence-corrected chi connectivity index (χ4v) is 5.67. The number of carbonyl (C=O) groups is 2. The first-order valence-corrected chi connectivity index (χ1v) is 14.9. The fraction of sp³-hybridized carbons (Fsp3) is 0.414. The van der Waals surface area contributed by atoms with E-state index in [1.807, 2.05) is 9.80 Å². The fourth-order valence-electron chi connectivity index (χ4n) is 5.50. The minimum atomic E-state index is -4.62. The number of piperidine rings is 2. The summed E-state index contributed by atoms with van der Waals surface area (Å²) in [6.45, 7) is 2.05. The quantitative estimate of drug-likeness (QED) is 0.134. The predicted molar refractivity (Wildman–Crippen MR) is 169 cm³/mol. The van der Waals surface area contributed by atoms with Gasteiger partial charge in [-0.05, 0) is 55.3 Å². The lowest BCUT2D eigenvalue weighted by atomic mass is 10.0. The Bertz CT molecular complexity index is 1500. The third-order valence-electron chi connectivity index (χ3n) is 7.60. The van der Waals surface area contributed by atoms with E-state index in [2.05, 4.69) is 15.3 Å². The average Bonchev–Trinajstić information content (AvgIpc) is 2.99. The van der Waals surface area contributed by atoms with Crippen molar-refractivity contribution in [2.75, 3.05) is 45.7 Å². The molecular formula is C29H35ClF3N11O2. The normalized spacial score (nSPS) is 22.0. The van der Waals surface area contributed by atoms with Crippen molar-refractivity contribution in [1.82, 2.24) is 15.0 Å². The molecule has 3 aromatic rings. The molecule has 2 aliphatic rings. The summed E-state index contributed by atoms with van der Waals surface area (Å²) in [7, 11) is 0. The van der Waals surface area contributed by atoms with Crippen LogP contribution < -0.4 is 42.5 Å². The number of nitrogens with one attached hydrogen (secondary N) is 1. The lowest BCUT2D eigenvalue weighted by molar-refractivity contribution is -0.137. The number of hydrogen-bond acceptors (Lipinski definition) is 12. The highest BCUT2D eigenvalue weighted by Crippen LogP contribution is 2.32. The van der Waals surface area contributed by atoms with Crippen molar-refractivity contribution in [3.05, 3.63) is 59.7 Å². The molecule has 5 rings (SSSR count). The molecule has 9 N–H and O–H groups in total. The number of Topliss-reactive ketones (excluding diaryl/α,β-unsaturated/α-hetero) is 1. The largest absolute Gasteiger partial charge is 0.416 e. The second-order valence-electron chi connectivity index (χ2n) is 11.6. The number of anilines is 5. The maximum Gasteiger partial charge on any atom is 0.416 e. The summed E-state index contributed by atoms with van der Waals surface area (Å²) in [4.78, 5) is 43.2. The summed E-state index contributed by atoms with van der Waals surface area (Å²) in [5, 5.41) is 3.13. The van der Waals surface area contributed by atoms with Crippen molar-refractivity contribution in [1.29, 1.82) is 0 Å². The maximum atomic E-state index is 13.1. The number of halogens is 4. The highest BCUT2D eigenvalue weighted by molar-refractivity contribution is 6.38. The summed E-state index contributed by atoms with van der Waals surface area (Å²) in [6, 6.07) is 9.56. The van der Waals surface area contributed by atoms with Gasteiger partial charge in [0.15, 0.2) is 5.78 Å². The molecule has 0 bridgehead atoms. The zero-order chi connectivity index (χ0) is 33.2. The smallest absolute Gasteiger partial charge is 0.338 e. The SMILES string of the molecule is N[C@@H]1C[C@H](N)CN(c2nc(Nc3ccc(C(=O)CC(=O)N(Cl)c4cccc(C(F)(F)F)c4)cc3)nc(N3C[C@H](N)C[C@H](N)C3)n2)C1. The van der Waals surface area contributed by atoms with Crippen LogP contribution in [0.15, 0.2) is 48.5 Å². The van der Waals surface area contributed by atoms with Gasteiger partial charge in [-0.25, -0.2) is 4.42 Å². The monoisotopic (exact) mass is 661 g/mol. The first kappa shape index (κ1) is 33.3. The van der Waals surface area contributed by atoms with Gasteiger partial charge in [-0.1, -0.05) is 6.07 Å². The van der Waals surface area contributed by atoms with Gasteiger partial charge in [0.05, 0.1) is 17.7 Å². The van der Waals surface area contributed by atoms with Gasteiger partial charge in [0.25, 0.3) is 0 Å². The molecule has 0 aliphatic carbocycles. The van der Waals surface area contributed by atoms with E-state index < -0.39 is 29.9 Å². The lowest BCUT2D eigenvalue weighted by Gasteiger charge is -2.37. The van der Waals surface area contributed by atoms with Gasteiger partial charge < -0.3 is 38.1 Å². The summed E-state index contributed by atoms with van der Waals surface area (Å²) in [6.07, 6.45) is -3.91. The number of ketones is 1. The standard InChI is InChI=1S/C29H35ClF3N11O2/c30-44(23-3-1-2-17(8-23)29(31,32)33)25(46)11-24(45)16-4-6-22(7-5-16)38-26-39-27(42-12-18(34)9-19(35)13-42)41-28(40-26)43-14-20(36)10-21(37)15-43/h1-8,18-21H,9-15,34-37H2,(H,38,39,40,41)/t18-,19+,20-,21+. The Morgan fingerprint density at radius 2 is 1.37 bits per heavy atom. The maximum absolute atomic E-state index is 13.1. The molecule has 2 fully saturated rings. The van der Waals surface area contributed by atoms with Gasteiger partial charge >= 0.3 is 6.18 Å². The predicted octanol–water partition coefficient (Wildman–Crippen LogP) is 2.12. The number of nitrogens with two attached hydrogens (primary N) is 4. The van der Waals surface area contributed by atoms with E-state index in [1.54, 1.807) is 12.1 Å². The Kier molecular flexibility index (Phi) is 9.93. The van der Waals surface area contributed by atoms with E-state index in [0.717, 1.165) is 18.2 Å². The van der Waals surface area contributed by atoms with E-state index >= 15 is 0 Å². The molecule has 3 heterocycles. The van der Waals surface area contributed by atoms with Crippen LogP contribution in [0, 0.1) is 0 Å². The van der Waals surface area contributed by atoms with E-state index in [-0.39, 0.29) is 41.4 Å². The molecule has 1 amide bonds. The highest BCUT2D eigenvalue weighted by Gasteiger charge is 2.32. The van der Waals surface area contributed by atoms with Crippen LogP contribution in [0.2, 0.25) is 0 Å². The van der Waals surface area contributed by atoms with Gasteiger partial charge in [-0.3, -0.25) is 9.59 Å². The summed E-state index contributed by atoms with van der Waals surface area (Å²) in [5.41, 5.74) is 24.4. The molecule has 0 radical (unpaired) electrons. The van der Waals surface area contributed by atoms with Crippen molar-refractivity contribution in [3.8, 4) is 0 Å². The first-order valence-electron chi connectivity index (χ1n) is 14.6. The molecule has 2 aromatic carbocycles. The molecule has 246 valence electrons. The zero-order valence-electron chi connectivity index (χ0n) is 24.7. The molecule has 4 atom stereocenters. The number of nitrogens with zero attached hydrogens (tertiary/aromatic N) is 6. The molecular weight excluding hydrogens is 627 g/mol. The molecule has 46 heavy (non-hydrogen) atoms. The second kappa shape index (κ2) is 13.7. The average molecular weight is 662 g/mol. The van der Waals surface area contributed by atoms with Crippen LogP contribution in [0.25, 0.3) is 0 Å². The Balaban J connectivity index is 1.30. The van der Waals surface area contributed by atoms with Crippen LogP contribution in [0.1, 0.15) is 35.2 Å². The van der Waals surface area contributed by atoms with Crippen molar-refractivity contribution in [2.24, 2.45) is 22.9 Å². The molecule has 2 saturated heterocycles. The van der Waals surface area contributed by atoms with Crippen molar-refractivity contribution >= 4 is 52.7 Å². The zero-order valence-corrected chi connectivity index (χ0v) is 25.5. The number of carbonyl (C=O) groups excluding carboxylic acids is 2. The number of benzene rings is 2. The first-order chi connectivity index (χ1) is 21.7. The van der Waals surface area contributed by atoms with Crippen molar-refractivity contribution in [3.63, 3.8) is 0 Å². The third-order valence-corrected chi connectivity index (χ3v) is 7.99. The topological polar surface area (TPSA) is 199 Å². The van der Waals surface area contributed by atoms with E-state index in [0.29, 0.717) is 61.0 Å². The van der Waals surface area contributed by atoms with Crippen LogP contribution in [0.5, 0.6) is 0 Å². The Morgan fingerprint density at radius 3 is 1.87 bits per heavy atom. The molecule has 0 saturated carbocycles. The minimum Gasteiger partial charge on any atom is -0.338 e. The lowest BCUT2D eigenvalue weighted by Crippen LogP contribution is -2.54. The van der Waals surface area contributed by atoms with E-state index in [4.69, 9.17) is 39.7 Å². The van der Waals surface area contributed by atoms with Crippen LogP contribution in [0.3, 0.4) is 0 Å². The molecule has 2 aliphatic heterocycles. The van der Waals surface area contributed by atoms with Crippen LogP contribution in [-0.4, -0.2) is 77.0 Å². The Morgan fingerprint density at radius 1 is 0.848 bits per heavy atom. The number of amides is 1. The second-order valence-corrected chi connectivity index (χ2v) is 11.9. The molecule has 0 unspecified atom stereocenters. The summed E-state index contributed by atoms with van der Waals surface area (Å²) >= 11 is 6.00.